The van der Waals surface area contributed by atoms with E-state index in [1.54, 1.807) is 0 Å². The molecule has 1 atom stereocenters. The van der Waals surface area contributed by atoms with Gasteiger partial charge >= 0.3 is 0 Å². The summed E-state index contributed by atoms with van der Waals surface area (Å²) in [7, 11) is 0. The maximum atomic E-state index is 6.61. The first-order valence-corrected chi connectivity index (χ1v) is 17.3. The summed E-state index contributed by atoms with van der Waals surface area (Å²) >= 11 is 0. The van der Waals surface area contributed by atoms with Crippen LogP contribution in [-0.4, -0.2) is 15.0 Å². The highest BCUT2D eigenvalue weighted by molar-refractivity contribution is 6.14. The number of benzene rings is 7. The first-order valence-electron chi connectivity index (χ1n) is 17.3. The fourth-order valence-electron chi connectivity index (χ4n) is 7.87. The number of fused-ring (bicyclic) bond motifs is 6. The highest BCUT2D eigenvalue weighted by Crippen LogP contribution is 2.54. The molecular weight excluding hydrogens is 623 g/mol. The number of furan rings is 1. The van der Waals surface area contributed by atoms with Crippen LogP contribution in [0.4, 0.5) is 0 Å². The van der Waals surface area contributed by atoms with E-state index in [1.165, 1.54) is 27.8 Å². The summed E-state index contributed by atoms with van der Waals surface area (Å²) in [5, 5.41) is 2.24. The van der Waals surface area contributed by atoms with Crippen LogP contribution < -0.4 is 0 Å². The van der Waals surface area contributed by atoms with E-state index in [0.29, 0.717) is 17.5 Å². The Kier molecular flexibility index (Phi) is 6.58. The maximum Gasteiger partial charge on any atom is 0.164 e. The van der Waals surface area contributed by atoms with Gasteiger partial charge in [0.25, 0.3) is 0 Å². The first-order chi connectivity index (χ1) is 25.1. The predicted molar refractivity (Wildman–Crippen MR) is 206 cm³/mol. The van der Waals surface area contributed by atoms with Crippen molar-refractivity contribution in [3.05, 3.63) is 187 Å². The molecule has 0 bridgehead atoms. The van der Waals surface area contributed by atoms with E-state index >= 15 is 0 Å². The molecule has 7 aromatic carbocycles. The van der Waals surface area contributed by atoms with Crippen molar-refractivity contribution < 1.29 is 4.42 Å². The van der Waals surface area contributed by atoms with Gasteiger partial charge < -0.3 is 4.42 Å². The average molecular weight is 654 g/mol. The predicted octanol–water partition coefficient (Wildman–Crippen LogP) is 11.8. The van der Waals surface area contributed by atoms with E-state index < -0.39 is 0 Å². The summed E-state index contributed by atoms with van der Waals surface area (Å²) in [6.45, 7) is 2.36. The van der Waals surface area contributed by atoms with Gasteiger partial charge in [-0.2, -0.15) is 0 Å². The lowest BCUT2D eigenvalue weighted by Gasteiger charge is -2.28. The Morgan fingerprint density at radius 3 is 1.59 bits per heavy atom. The lowest BCUT2D eigenvalue weighted by molar-refractivity contribution is 0.668. The molecule has 240 valence electrons. The zero-order valence-electron chi connectivity index (χ0n) is 27.9. The molecule has 0 spiro atoms. The molecule has 0 fully saturated rings. The van der Waals surface area contributed by atoms with Gasteiger partial charge in [0.1, 0.15) is 11.2 Å². The van der Waals surface area contributed by atoms with Crippen molar-refractivity contribution in [1.29, 1.82) is 0 Å². The molecule has 10 rings (SSSR count). The number of hydrogen-bond acceptors (Lipinski definition) is 4. The molecule has 4 nitrogen and oxygen atoms in total. The third kappa shape index (κ3) is 4.64. The summed E-state index contributed by atoms with van der Waals surface area (Å²) in [6.07, 6.45) is 0. The van der Waals surface area contributed by atoms with Crippen LogP contribution in [0.3, 0.4) is 0 Å². The molecule has 2 heterocycles. The van der Waals surface area contributed by atoms with Crippen molar-refractivity contribution in [2.75, 3.05) is 0 Å². The molecule has 2 aromatic heterocycles. The van der Waals surface area contributed by atoms with Crippen LogP contribution in [0, 0.1) is 0 Å². The fourth-order valence-corrected chi connectivity index (χ4v) is 7.87. The van der Waals surface area contributed by atoms with Gasteiger partial charge in [-0.1, -0.05) is 152 Å². The third-order valence-electron chi connectivity index (χ3n) is 10.4. The van der Waals surface area contributed by atoms with E-state index in [0.717, 1.165) is 49.8 Å². The van der Waals surface area contributed by atoms with Gasteiger partial charge in [-0.25, -0.2) is 15.0 Å². The van der Waals surface area contributed by atoms with Gasteiger partial charge in [-0.05, 0) is 64.1 Å². The van der Waals surface area contributed by atoms with E-state index in [9.17, 15) is 0 Å². The summed E-state index contributed by atoms with van der Waals surface area (Å²) in [5.74, 6) is 1.93. The van der Waals surface area contributed by atoms with Crippen LogP contribution >= 0.6 is 0 Å². The standard InChI is InChI=1S/C47H31N3O/c1-47(34-18-9-4-10-19-34)39-22-12-11-20-36(39)37-29-42-38(28-40(37)47)43-35(21-13-23-41(43)51-42)30-24-26-33(27-25-30)46-49-44(31-14-5-2-6-15-31)48-45(50-46)32-16-7-3-8-17-32/h2-29H,1H3. The van der Waals surface area contributed by atoms with Crippen LogP contribution in [-0.2, 0) is 5.41 Å². The fraction of sp³-hybridized carbons (Fsp3) is 0.0426. The number of aromatic nitrogens is 3. The maximum absolute atomic E-state index is 6.61. The van der Waals surface area contributed by atoms with Gasteiger partial charge in [-0.3, -0.25) is 0 Å². The van der Waals surface area contributed by atoms with E-state index in [4.69, 9.17) is 19.4 Å². The first kappa shape index (κ1) is 29.3. The minimum Gasteiger partial charge on any atom is -0.456 e. The Hall–Kier alpha value is -6.65. The molecule has 1 unspecified atom stereocenters. The number of hydrogen-bond donors (Lipinski definition) is 0. The highest BCUT2D eigenvalue weighted by Gasteiger charge is 2.41. The van der Waals surface area contributed by atoms with Crippen LogP contribution in [0.1, 0.15) is 23.6 Å². The van der Waals surface area contributed by atoms with Gasteiger partial charge in [0.05, 0.1) is 0 Å². The SMILES string of the molecule is CC1(c2ccccc2)c2ccccc2-c2cc3oc4cccc(-c5ccc(-c6nc(-c7ccccc7)nc(-c7ccccc7)n6)cc5)c4c3cc21. The largest absolute Gasteiger partial charge is 0.456 e. The molecule has 0 saturated carbocycles. The molecule has 9 aromatic rings. The third-order valence-corrected chi connectivity index (χ3v) is 10.4. The van der Waals surface area contributed by atoms with E-state index in [1.807, 2.05) is 60.7 Å². The van der Waals surface area contributed by atoms with Crippen LogP contribution in [0.5, 0.6) is 0 Å². The molecule has 0 radical (unpaired) electrons. The van der Waals surface area contributed by atoms with Crippen molar-refractivity contribution in [2.45, 2.75) is 12.3 Å². The number of rotatable bonds is 5. The highest BCUT2D eigenvalue weighted by atomic mass is 16.3. The van der Waals surface area contributed by atoms with E-state index in [2.05, 4.69) is 116 Å². The second kappa shape index (κ2) is 11.5. The summed E-state index contributed by atoms with van der Waals surface area (Å²) in [6, 6.07) is 59.3. The van der Waals surface area contributed by atoms with Crippen molar-refractivity contribution in [2.24, 2.45) is 0 Å². The smallest absolute Gasteiger partial charge is 0.164 e. The zero-order valence-corrected chi connectivity index (χ0v) is 27.9. The number of nitrogens with zero attached hydrogens (tertiary/aromatic N) is 3. The molecule has 1 aliphatic rings. The molecule has 0 aliphatic heterocycles. The summed E-state index contributed by atoms with van der Waals surface area (Å²) in [5.41, 5.74) is 12.9. The van der Waals surface area contributed by atoms with Gasteiger partial charge in [0.15, 0.2) is 17.5 Å². The second-order valence-electron chi connectivity index (χ2n) is 13.3. The van der Waals surface area contributed by atoms with Crippen molar-refractivity contribution in [3.8, 4) is 56.4 Å². The minimum absolute atomic E-state index is 0.288. The lowest BCUT2D eigenvalue weighted by Crippen LogP contribution is -2.22. The average Bonchev–Trinajstić information content (AvgIpc) is 3.70. The van der Waals surface area contributed by atoms with Crippen molar-refractivity contribution in [1.82, 2.24) is 15.0 Å². The topological polar surface area (TPSA) is 51.8 Å². The monoisotopic (exact) mass is 653 g/mol. The van der Waals surface area contributed by atoms with Crippen LogP contribution in [0.25, 0.3) is 78.4 Å². The Balaban J connectivity index is 1.11. The summed E-state index contributed by atoms with van der Waals surface area (Å²) in [4.78, 5) is 14.7. The second-order valence-corrected chi connectivity index (χ2v) is 13.3. The van der Waals surface area contributed by atoms with Gasteiger partial charge in [0.2, 0.25) is 0 Å². The Bertz CT molecular complexity index is 2680. The van der Waals surface area contributed by atoms with Crippen molar-refractivity contribution in [3.63, 3.8) is 0 Å². The van der Waals surface area contributed by atoms with Crippen molar-refractivity contribution >= 4 is 21.9 Å². The molecule has 0 N–H and O–H groups in total. The lowest BCUT2D eigenvalue weighted by atomic mass is 9.74. The molecule has 1 aliphatic carbocycles. The zero-order chi connectivity index (χ0) is 33.9. The van der Waals surface area contributed by atoms with Crippen LogP contribution in [0.15, 0.2) is 174 Å². The molecule has 4 heteroatoms. The minimum atomic E-state index is -0.288. The molecular formula is C47H31N3O. The Morgan fingerprint density at radius 1 is 0.412 bits per heavy atom. The van der Waals surface area contributed by atoms with Crippen LogP contribution in [0.2, 0.25) is 0 Å². The summed E-state index contributed by atoms with van der Waals surface area (Å²) < 4.78 is 6.61. The van der Waals surface area contributed by atoms with E-state index in [-0.39, 0.29) is 5.41 Å². The Morgan fingerprint density at radius 2 is 0.941 bits per heavy atom. The van der Waals surface area contributed by atoms with Gasteiger partial charge in [-0.15, -0.1) is 0 Å². The Labute approximate surface area is 295 Å². The van der Waals surface area contributed by atoms with Gasteiger partial charge in [0, 0.05) is 32.9 Å². The molecule has 51 heavy (non-hydrogen) atoms. The normalized spacial score (nSPS) is 14.8. The molecule has 0 amide bonds. The quantitative estimate of drug-likeness (QED) is 0.185. The molecule has 0 saturated heterocycles.